The molecule has 2 saturated heterocycles. The molecule has 2 atom stereocenters. The third-order valence-electron chi connectivity index (χ3n) is 3.91. The van der Waals surface area contributed by atoms with Crippen molar-refractivity contribution >= 4 is 23.7 Å². The number of carboxylic acids is 1. The van der Waals surface area contributed by atoms with Gasteiger partial charge in [-0.1, -0.05) is 30.3 Å². The van der Waals surface area contributed by atoms with Crippen molar-refractivity contribution in [2.45, 2.75) is 44.3 Å². The molecule has 2 aliphatic rings. The van der Waals surface area contributed by atoms with E-state index in [1.165, 1.54) is 0 Å². The maximum absolute atomic E-state index is 11.6. The summed E-state index contributed by atoms with van der Waals surface area (Å²) in [6, 6.07) is 8.70. The molecule has 2 aliphatic heterocycles. The Kier molecular flexibility index (Phi) is 6.50. The average molecular weight is 347 g/mol. The molecule has 0 spiro atoms. The fraction of sp³-hybridized carbons (Fsp3) is 0.412. The zero-order valence-corrected chi connectivity index (χ0v) is 13.7. The molecular weight excluding hydrogens is 326 g/mol. The molecule has 0 bridgehead atoms. The fourth-order valence-corrected chi connectivity index (χ4v) is 2.52. The Morgan fingerprint density at radius 3 is 2.00 bits per heavy atom. The highest BCUT2D eigenvalue weighted by atomic mass is 16.4. The normalized spacial score (nSPS) is 21.6. The van der Waals surface area contributed by atoms with E-state index in [1.807, 2.05) is 30.3 Å². The van der Waals surface area contributed by atoms with E-state index in [0.717, 1.165) is 5.56 Å². The zero-order chi connectivity index (χ0) is 18.2. The number of hydrogen-bond donors (Lipinski definition) is 4. The maximum atomic E-state index is 11.6. The van der Waals surface area contributed by atoms with Gasteiger partial charge in [0.25, 0.3) is 0 Å². The first-order valence-corrected chi connectivity index (χ1v) is 8.09. The minimum Gasteiger partial charge on any atom is -0.480 e. The minimum absolute atomic E-state index is 0.0418. The van der Waals surface area contributed by atoms with E-state index in [0.29, 0.717) is 32.2 Å². The molecule has 3 amide bonds. The van der Waals surface area contributed by atoms with Gasteiger partial charge in [-0.15, -0.1) is 0 Å². The van der Waals surface area contributed by atoms with Crippen molar-refractivity contribution in [3.05, 3.63) is 35.9 Å². The highest BCUT2D eigenvalue weighted by Crippen LogP contribution is 2.07. The summed E-state index contributed by atoms with van der Waals surface area (Å²) in [6.45, 7) is 0.506. The van der Waals surface area contributed by atoms with Crippen LogP contribution in [0, 0.1) is 0 Å². The molecule has 1 aromatic carbocycles. The highest BCUT2D eigenvalue weighted by molar-refractivity contribution is 5.90. The van der Waals surface area contributed by atoms with Gasteiger partial charge in [0.15, 0.2) is 0 Å². The predicted octanol–water partition coefficient (Wildman–Crippen LogP) is -0.0690. The molecule has 0 unspecified atom stereocenters. The predicted molar refractivity (Wildman–Crippen MR) is 88.3 cm³/mol. The molecule has 4 N–H and O–H groups in total. The fourth-order valence-electron chi connectivity index (χ4n) is 2.52. The number of carbonyl (C=O) groups is 4. The topological polar surface area (TPSA) is 125 Å². The lowest BCUT2D eigenvalue weighted by Crippen LogP contribution is -2.41. The number of carboxylic acid groups (broad SMARTS) is 1. The van der Waals surface area contributed by atoms with E-state index in [2.05, 4.69) is 16.0 Å². The van der Waals surface area contributed by atoms with Gasteiger partial charge < -0.3 is 21.1 Å². The Labute approximate surface area is 145 Å². The lowest BCUT2D eigenvalue weighted by atomic mass is 10.2. The average Bonchev–Trinajstić information content (AvgIpc) is 3.23. The van der Waals surface area contributed by atoms with Gasteiger partial charge in [0.2, 0.25) is 17.7 Å². The van der Waals surface area contributed by atoms with Crippen molar-refractivity contribution in [3.8, 4) is 0 Å². The van der Waals surface area contributed by atoms with E-state index >= 15 is 0 Å². The lowest BCUT2D eigenvalue weighted by Gasteiger charge is -2.10. The Hall–Kier alpha value is -2.90. The molecule has 0 radical (unpaired) electrons. The van der Waals surface area contributed by atoms with Crippen molar-refractivity contribution in [2.75, 3.05) is 0 Å². The van der Waals surface area contributed by atoms with E-state index in [1.54, 1.807) is 0 Å². The summed E-state index contributed by atoms with van der Waals surface area (Å²) in [5.74, 6) is -1.25. The van der Waals surface area contributed by atoms with Gasteiger partial charge in [0.1, 0.15) is 12.1 Å². The highest BCUT2D eigenvalue weighted by Gasteiger charge is 2.27. The van der Waals surface area contributed by atoms with Gasteiger partial charge in [-0.3, -0.25) is 14.4 Å². The third-order valence-corrected chi connectivity index (χ3v) is 3.91. The SMILES string of the molecule is O=C1CC[C@H](C(=O)NCc2ccccc2)N1.O=C1CC[C@H](C(=O)O)N1. The van der Waals surface area contributed by atoms with Crippen LogP contribution in [0.4, 0.5) is 0 Å². The van der Waals surface area contributed by atoms with Crippen LogP contribution in [0.3, 0.4) is 0 Å². The maximum Gasteiger partial charge on any atom is 0.326 e. The van der Waals surface area contributed by atoms with Gasteiger partial charge >= 0.3 is 5.97 Å². The molecule has 2 fully saturated rings. The van der Waals surface area contributed by atoms with Gasteiger partial charge in [0.05, 0.1) is 0 Å². The number of aliphatic carboxylic acids is 1. The van der Waals surface area contributed by atoms with Gasteiger partial charge in [-0.25, -0.2) is 4.79 Å². The number of nitrogens with one attached hydrogen (secondary N) is 3. The largest absolute Gasteiger partial charge is 0.480 e. The molecule has 3 rings (SSSR count). The van der Waals surface area contributed by atoms with Crippen LogP contribution in [0.25, 0.3) is 0 Å². The molecule has 0 saturated carbocycles. The second-order valence-corrected chi connectivity index (χ2v) is 5.86. The first kappa shape index (κ1) is 18.4. The first-order valence-electron chi connectivity index (χ1n) is 8.09. The summed E-state index contributed by atoms with van der Waals surface area (Å²) < 4.78 is 0. The van der Waals surface area contributed by atoms with Crippen LogP contribution in [0.1, 0.15) is 31.2 Å². The summed E-state index contributed by atoms with van der Waals surface area (Å²) in [4.78, 5) is 43.1. The summed E-state index contributed by atoms with van der Waals surface area (Å²) in [5, 5.41) is 16.1. The van der Waals surface area contributed by atoms with Crippen molar-refractivity contribution in [2.24, 2.45) is 0 Å². The zero-order valence-electron chi connectivity index (χ0n) is 13.7. The molecule has 2 heterocycles. The third kappa shape index (κ3) is 5.91. The van der Waals surface area contributed by atoms with Crippen LogP contribution in [0.5, 0.6) is 0 Å². The summed E-state index contributed by atoms with van der Waals surface area (Å²) in [7, 11) is 0. The second-order valence-electron chi connectivity index (χ2n) is 5.86. The van der Waals surface area contributed by atoms with Crippen molar-refractivity contribution in [1.82, 2.24) is 16.0 Å². The van der Waals surface area contributed by atoms with Gasteiger partial charge in [0, 0.05) is 19.4 Å². The first-order chi connectivity index (χ1) is 12.0. The standard InChI is InChI=1S/C12H14N2O2.C5H7NO3/c15-11-7-6-10(14-11)12(16)13-8-9-4-2-1-3-5-9;7-4-2-1-3(6-4)5(8)9/h1-5,10H,6-8H2,(H,13,16)(H,14,15);3H,1-2H2,(H,6,7)(H,8,9)/t10-;3-/m11/s1. The molecule has 8 heteroatoms. The molecule has 1 aromatic rings. The van der Waals surface area contributed by atoms with Crippen LogP contribution >= 0.6 is 0 Å². The van der Waals surface area contributed by atoms with E-state index in [4.69, 9.17) is 5.11 Å². The van der Waals surface area contributed by atoms with E-state index in [-0.39, 0.29) is 23.8 Å². The van der Waals surface area contributed by atoms with E-state index in [9.17, 15) is 19.2 Å². The van der Waals surface area contributed by atoms with Crippen LogP contribution < -0.4 is 16.0 Å². The monoisotopic (exact) mass is 347 g/mol. The summed E-state index contributed by atoms with van der Waals surface area (Å²) in [5.41, 5.74) is 1.06. The van der Waals surface area contributed by atoms with Gasteiger partial charge in [-0.2, -0.15) is 0 Å². The second kappa shape index (κ2) is 8.81. The molecular formula is C17H21N3O5. The van der Waals surface area contributed by atoms with Gasteiger partial charge in [-0.05, 0) is 18.4 Å². The number of carbonyl (C=O) groups excluding carboxylic acids is 3. The molecule has 0 aromatic heterocycles. The summed E-state index contributed by atoms with van der Waals surface area (Å²) >= 11 is 0. The number of benzene rings is 1. The Balaban J connectivity index is 0.000000212. The number of hydrogen-bond acceptors (Lipinski definition) is 4. The Morgan fingerprint density at radius 2 is 1.56 bits per heavy atom. The van der Waals surface area contributed by atoms with Crippen molar-refractivity contribution in [1.29, 1.82) is 0 Å². The van der Waals surface area contributed by atoms with Crippen LogP contribution in [-0.4, -0.2) is 40.9 Å². The smallest absolute Gasteiger partial charge is 0.326 e. The van der Waals surface area contributed by atoms with Crippen LogP contribution in [0.15, 0.2) is 30.3 Å². The summed E-state index contributed by atoms with van der Waals surface area (Å²) in [6.07, 6.45) is 1.81. The van der Waals surface area contributed by atoms with Crippen LogP contribution in [-0.2, 0) is 25.7 Å². The Bertz CT molecular complexity index is 647. The quantitative estimate of drug-likeness (QED) is 0.607. The van der Waals surface area contributed by atoms with Crippen molar-refractivity contribution < 1.29 is 24.3 Å². The molecule has 0 aliphatic carbocycles. The number of amides is 3. The minimum atomic E-state index is -0.944. The molecule has 8 nitrogen and oxygen atoms in total. The van der Waals surface area contributed by atoms with Crippen molar-refractivity contribution in [3.63, 3.8) is 0 Å². The molecule has 25 heavy (non-hydrogen) atoms. The molecule has 134 valence electrons. The van der Waals surface area contributed by atoms with E-state index < -0.39 is 12.0 Å². The lowest BCUT2D eigenvalue weighted by molar-refractivity contribution is -0.140. The van der Waals surface area contributed by atoms with Crippen LogP contribution in [0.2, 0.25) is 0 Å². The number of rotatable bonds is 4. The Morgan fingerprint density at radius 1 is 1.00 bits per heavy atom.